The molecule has 1 heterocycles. The molecular weight excluding hydrogens is 322 g/mol. The summed E-state index contributed by atoms with van der Waals surface area (Å²) in [6.45, 7) is 0. The Balaban J connectivity index is 1.85. The Morgan fingerprint density at radius 2 is 1.96 bits per heavy atom. The fraction of sp³-hybridized carbons (Fsp3) is 0.158. The number of anilines is 2. The summed E-state index contributed by atoms with van der Waals surface area (Å²) in [4.78, 5) is 18.8. The SMILES string of the molecule is CN(C)c1ccc(Cl)cc1NC(=O)Cc1cccc2cccnc12. The zero-order valence-corrected chi connectivity index (χ0v) is 14.3. The smallest absolute Gasteiger partial charge is 0.228 e. The largest absolute Gasteiger partial charge is 0.376 e. The molecule has 0 saturated heterocycles. The van der Waals surface area contributed by atoms with Gasteiger partial charge in [0.1, 0.15) is 0 Å². The average molecular weight is 340 g/mol. The molecule has 0 unspecified atom stereocenters. The van der Waals surface area contributed by atoms with Gasteiger partial charge in [0.25, 0.3) is 0 Å². The van der Waals surface area contributed by atoms with Gasteiger partial charge in [-0.05, 0) is 29.8 Å². The number of nitrogens with one attached hydrogen (secondary N) is 1. The zero-order chi connectivity index (χ0) is 17.1. The maximum Gasteiger partial charge on any atom is 0.228 e. The van der Waals surface area contributed by atoms with Gasteiger partial charge in [0.2, 0.25) is 5.91 Å². The number of rotatable bonds is 4. The number of hydrogen-bond donors (Lipinski definition) is 1. The maximum atomic E-state index is 12.5. The third kappa shape index (κ3) is 3.49. The second-order valence-corrected chi connectivity index (χ2v) is 6.21. The summed E-state index contributed by atoms with van der Waals surface area (Å²) in [6, 6.07) is 15.2. The summed E-state index contributed by atoms with van der Waals surface area (Å²) in [7, 11) is 3.85. The van der Waals surface area contributed by atoms with E-state index in [0.29, 0.717) is 10.7 Å². The van der Waals surface area contributed by atoms with Crippen molar-refractivity contribution in [3.8, 4) is 0 Å². The summed E-state index contributed by atoms with van der Waals surface area (Å²) in [6.07, 6.45) is 2.00. The van der Waals surface area contributed by atoms with E-state index in [2.05, 4.69) is 10.3 Å². The molecule has 0 aliphatic carbocycles. The maximum absolute atomic E-state index is 12.5. The Labute approximate surface area is 146 Å². The number of para-hydroxylation sites is 1. The number of nitrogens with zero attached hydrogens (tertiary/aromatic N) is 2. The number of hydrogen-bond acceptors (Lipinski definition) is 3. The molecule has 0 aliphatic rings. The molecule has 0 aliphatic heterocycles. The van der Waals surface area contributed by atoms with Gasteiger partial charge >= 0.3 is 0 Å². The van der Waals surface area contributed by atoms with E-state index in [9.17, 15) is 4.79 Å². The fourth-order valence-corrected chi connectivity index (χ4v) is 2.85. The number of fused-ring (bicyclic) bond motifs is 1. The topological polar surface area (TPSA) is 45.2 Å². The summed E-state index contributed by atoms with van der Waals surface area (Å²) >= 11 is 6.06. The van der Waals surface area contributed by atoms with Gasteiger partial charge in [0.05, 0.1) is 23.3 Å². The molecule has 5 heteroatoms. The van der Waals surface area contributed by atoms with E-state index in [0.717, 1.165) is 22.2 Å². The van der Waals surface area contributed by atoms with E-state index < -0.39 is 0 Å². The minimum atomic E-state index is -0.0986. The van der Waals surface area contributed by atoms with Gasteiger partial charge in [-0.3, -0.25) is 9.78 Å². The van der Waals surface area contributed by atoms with E-state index in [1.165, 1.54) is 0 Å². The van der Waals surface area contributed by atoms with Crippen LogP contribution in [-0.2, 0) is 11.2 Å². The lowest BCUT2D eigenvalue weighted by Gasteiger charge is -2.18. The van der Waals surface area contributed by atoms with Crippen molar-refractivity contribution in [3.05, 3.63) is 65.3 Å². The Morgan fingerprint density at radius 3 is 2.75 bits per heavy atom. The van der Waals surface area contributed by atoms with Crippen LogP contribution in [0.5, 0.6) is 0 Å². The Bertz CT molecular complexity index is 887. The highest BCUT2D eigenvalue weighted by Crippen LogP contribution is 2.28. The minimum absolute atomic E-state index is 0.0986. The Kier molecular flexibility index (Phi) is 4.67. The third-order valence-corrected chi connectivity index (χ3v) is 4.02. The van der Waals surface area contributed by atoms with Crippen LogP contribution in [0.3, 0.4) is 0 Å². The van der Waals surface area contributed by atoms with E-state index in [-0.39, 0.29) is 12.3 Å². The van der Waals surface area contributed by atoms with Crippen LogP contribution in [0.15, 0.2) is 54.7 Å². The van der Waals surface area contributed by atoms with Crippen molar-refractivity contribution in [2.45, 2.75) is 6.42 Å². The lowest BCUT2D eigenvalue weighted by atomic mass is 10.1. The summed E-state index contributed by atoms with van der Waals surface area (Å²) in [5.74, 6) is -0.0986. The van der Waals surface area contributed by atoms with Crippen molar-refractivity contribution < 1.29 is 4.79 Å². The normalized spacial score (nSPS) is 10.6. The van der Waals surface area contributed by atoms with Crippen LogP contribution in [-0.4, -0.2) is 25.0 Å². The van der Waals surface area contributed by atoms with Crippen LogP contribution in [0.2, 0.25) is 5.02 Å². The first-order valence-corrected chi connectivity index (χ1v) is 8.02. The van der Waals surface area contributed by atoms with Crippen LogP contribution in [0, 0.1) is 0 Å². The lowest BCUT2D eigenvalue weighted by Crippen LogP contribution is -2.18. The van der Waals surface area contributed by atoms with Crippen molar-refractivity contribution in [2.75, 3.05) is 24.3 Å². The minimum Gasteiger partial charge on any atom is -0.376 e. The van der Waals surface area contributed by atoms with Crippen molar-refractivity contribution in [2.24, 2.45) is 0 Å². The number of carbonyl (C=O) groups excluding carboxylic acids is 1. The van der Waals surface area contributed by atoms with Gasteiger partial charge in [-0.25, -0.2) is 0 Å². The van der Waals surface area contributed by atoms with E-state index >= 15 is 0 Å². The summed E-state index contributed by atoms with van der Waals surface area (Å²) < 4.78 is 0. The first-order chi connectivity index (χ1) is 11.5. The highest BCUT2D eigenvalue weighted by atomic mass is 35.5. The van der Waals surface area contributed by atoms with Gasteiger partial charge in [-0.15, -0.1) is 0 Å². The van der Waals surface area contributed by atoms with Crippen molar-refractivity contribution in [1.82, 2.24) is 4.98 Å². The molecule has 1 amide bonds. The number of carbonyl (C=O) groups is 1. The van der Waals surface area contributed by atoms with Crippen molar-refractivity contribution >= 4 is 39.8 Å². The Morgan fingerprint density at radius 1 is 1.17 bits per heavy atom. The molecule has 3 rings (SSSR count). The van der Waals surface area contributed by atoms with Crippen molar-refractivity contribution in [1.29, 1.82) is 0 Å². The molecule has 4 nitrogen and oxygen atoms in total. The molecule has 24 heavy (non-hydrogen) atoms. The predicted molar refractivity (Wildman–Crippen MR) is 99.9 cm³/mol. The quantitative estimate of drug-likeness (QED) is 0.777. The zero-order valence-electron chi connectivity index (χ0n) is 13.6. The van der Waals surface area contributed by atoms with Gasteiger partial charge in [0, 0.05) is 30.7 Å². The fourth-order valence-electron chi connectivity index (χ4n) is 2.68. The number of amides is 1. The van der Waals surface area contributed by atoms with Crippen LogP contribution >= 0.6 is 11.6 Å². The monoisotopic (exact) mass is 339 g/mol. The first kappa shape index (κ1) is 16.3. The highest BCUT2D eigenvalue weighted by Gasteiger charge is 2.12. The molecule has 3 aromatic rings. The number of benzene rings is 2. The molecule has 0 saturated carbocycles. The van der Waals surface area contributed by atoms with Gasteiger partial charge in [-0.1, -0.05) is 35.9 Å². The van der Waals surface area contributed by atoms with Crippen molar-refractivity contribution in [3.63, 3.8) is 0 Å². The summed E-state index contributed by atoms with van der Waals surface area (Å²) in [5.41, 5.74) is 3.36. The molecule has 0 bridgehead atoms. The van der Waals surface area contributed by atoms with Crippen LogP contribution in [0.25, 0.3) is 10.9 Å². The third-order valence-electron chi connectivity index (χ3n) is 3.78. The standard InChI is InChI=1S/C19H18ClN3O/c1-23(2)17-9-8-15(20)12-16(17)22-18(24)11-14-6-3-5-13-7-4-10-21-19(13)14/h3-10,12H,11H2,1-2H3,(H,22,24). The lowest BCUT2D eigenvalue weighted by molar-refractivity contribution is -0.115. The molecule has 0 fully saturated rings. The van der Waals surface area contributed by atoms with Crippen LogP contribution in [0.4, 0.5) is 11.4 Å². The van der Waals surface area contributed by atoms with Gasteiger partial charge in [-0.2, -0.15) is 0 Å². The molecule has 122 valence electrons. The first-order valence-electron chi connectivity index (χ1n) is 7.64. The van der Waals surface area contributed by atoms with Gasteiger partial charge in [0.15, 0.2) is 0 Å². The van der Waals surface area contributed by atoms with E-state index in [1.807, 2.05) is 55.4 Å². The van der Waals surface area contributed by atoms with Gasteiger partial charge < -0.3 is 10.2 Å². The molecule has 0 atom stereocenters. The number of aromatic nitrogens is 1. The predicted octanol–water partition coefficient (Wildman–Crippen LogP) is 4.14. The molecule has 1 aromatic heterocycles. The second-order valence-electron chi connectivity index (χ2n) is 5.77. The Hall–Kier alpha value is -2.59. The molecule has 1 N–H and O–H groups in total. The van der Waals surface area contributed by atoms with E-state index in [1.54, 1.807) is 18.3 Å². The number of pyridine rings is 1. The van der Waals surface area contributed by atoms with E-state index in [4.69, 9.17) is 11.6 Å². The summed E-state index contributed by atoms with van der Waals surface area (Å²) in [5, 5.41) is 4.57. The highest BCUT2D eigenvalue weighted by molar-refractivity contribution is 6.31. The number of halogens is 1. The van der Waals surface area contributed by atoms with Crippen LogP contribution < -0.4 is 10.2 Å². The molecular formula is C19H18ClN3O. The van der Waals surface area contributed by atoms with Crippen LogP contribution in [0.1, 0.15) is 5.56 Å². The molecule has 2 aromatic carbocycles. The molecule has 0 radical (unpaired) electrons. The second kappa shape index (κ2) is 6.89. The molecule has 0 spiro atoms. The average Bonchev–Trinajstić information content (AvgIpc) is 2.55.